The zero-order chi connectivity index (χ0) is 15.1. The standard InChI is InChI=1S/C13H21N3O3S/c1-4-15(5-2)8-10(3)16-7-6-11(17)14-13(16)20-9-12(18)19/h6-7,10H,4-5,8-9H2,1-3H3,(H,18,19). The largest absolute Gasteiger partial charge is 0.481 e. The van der Waals surface area contributed by atoms with Gasteiger partial charge in [0.25, 0.3) is 5.56 Å². The maximum absolute atomic E-state index is 11.3. The minimum atomic E-state index is -0.920. The van der Waals surface area contributed by atoms with E-state index in [0.717, 1.165) is 31.4 Å². The summed E-state index contributed by atoms with van der Waals surface area (Å²) >= 11 is 1.07. The molecule has 0 aliphatic carbocycles. The lowest BCUT2D eigenvalue weighted by atomic mass is 10.3. The summed E-state index contributed by atoms with van der Waals surface area (Å²) < 4.78 is 1.87. The van der Waals surface area contributed by atoms with E-state index < -0.39 is 5.97 Å². The lowest BCUT2D eigenvalue weighted by molar-refractivity contribution is -0.133. The highest BCUT2D eigenvalue weighted by Gasteiger charge is 2.14. The number of carboxylic acids is 1. The van der Waals surface area contributed by atoms with Crippen molar-refractivity contribution in [1.82, 2.24) is 14.5 Å². The fourth-order valence-corrected chi connectivity index (χ4v) is 2.71. The number of carboxylic acid groups (broad SMARTS) is 1. The first kappa shape index (κ1) is 16.7. The van der Waals surface area contributed by atoms with Gasteiger partial charge in [0.2, 0.25) is 0 Å². The molecule has 0 fully saturated rings. The highest BCUT2D eigenvalue weighted by Crippen LogP contribution is 2.18. The van der Waals surface area contributed by atoms with Crippen molar-refractivity contribution in [2.45, 2.75) is 32.0 Å². The van der Waals surface area contributed by atoms with Crippen LogP contribution < -0.4 is 5.56 Å². The first-order valence-corrected chi connectivity index (χ1v) is 7.62. The number of aliphatic carboxylic acids is 1. The third kappa shape index (κ3) is 4.97. The number of carbonyl (C=O) groups is 1. The Bertz CT molecular complexity index is 500. The van der Waals surface area contributed by atoms with Crippen LogP contribution in [0, 0.1) is 0 Å². The zero-order valence-corrected chi connectivity index (χ0v) is 12.9. The summed E-state index contributed by atoms with van der Waals surface area (Å²) in [6.07, 6.45) is 1.69. The monoisotopic (exact) mass is 299 g/mol. The van der Waals surface area contributed by atoms with Gasteiger partial charge in [-0.1, -0.05) is 25.6 Å². The van der Waals surface area contributed by atoms with Crippen molar-refractivity contribution in [3.05, 3.63) is 22.6 Å². The summed E-state index contributed by atoms with van der Waals surface area (Å²) in [4.78, 5) is 28.2. The number of thioether (sulfide) groups is 1. The number of likely N-dealkylation sites (N-methyl/N-ethyl adjacent to an activating group) is 1. The Morgan fingerprint density at radius 2 is 2.15 bits per heavy atom. The maximum atomic E-state index is 11.3. The van der Waals surface area contributed by atoms with Crippen molar-refractivity contribution in [1.29, 1.82) is 0 Å². The van der Waals surface area contributed by atoms with Crippen molar-refractivity contribution in [2.24, 2.45) is 0 Å². The molecule has 20 heavy (non-hydrogen) atoms. The van der Waals surface area contributed by atoms with Crippen molar-refractivity contribution < 1.29 is 9.90 Å². The molecule has 0 bridgehead atoms. The Morgan fingerprint density at radius 1 is 1.50 bits per heavy atom. The Hall–Kier alpha value is -1.34. The maximum Gasteiger partial charge on any atom is 0.313 e. The lowest BCUT2D eigenvalue weighted by Gasteiger charge is -2.25. The Morgan fingerprint density at radius 3 is 2.70 bits per heavy atom. The number of hydrogen-bond acceptors (Lipinski definition) is 5. The molecule has 112 valence electrons. The first-order valence-electron chi connectivity index (χ1n) is 6.64. The second-order valence-electron chi connectivity index (χ2n) is 4.47. The van der Waals surface area contributed by atoms with E-state index in [1.54, 1.807) is 6.20 Å². The van der Waals surface area contributed by atoms with Gasteiger partial charge in [-0.25, -0.2) is 0 Å². The summed E-state index contributed by atoms with van der Waals surface area (Å²) in [5, 5.41) is 9.21. The molecule has 0 aliphatic heterocycles. The summed E-state index contributed by atoms with van der Waals surface area (Å²) in [5.41, 5.74) is -0.343. The molecule has 1 aromatic heterocycles. The van der Waals surface area contributed by atoms with E-state index in [4.69, 9.17) is 5.11 Å². The predicted octanol–water partition coefficient (Wildman–Crippen LogP) is 1.32. The van der Waals surface area contributed by atoms with Gasteiger partial charge in [-0.3, -0.25) is 9.59 Å². The van der Waals surface area contributed by atoms with E-state index in [9.17, 15) is 9.59 Å². The minimum Gasteiger partial charge on any atom is -0.481 e. The van der Waals surface area contributed by atoms with E-state index in [2.05, 4.69) is 23.7 Å². The minimum absolute atomic E-state index is 0.103. The van der Waals surface area contributed by atoms with Crippen LogP contribution in [0.1, 0.15) is 26.8 Å². The molecule has 1 N–H and O–H groups in total. The molecule has 0 aliphatic rings. The van der Waals surface area contributed by atoms with Crippen LogP contribution in [0.4, 0.5) is 0 Å². The first-order chi connectivity index (χ1) is 9.47. The Balaban J connectivity index is 2.91. The van der Waals surface area contributed by atoms with Gasteiger partial charge in [-0.2, -0.15) is 4.98 Å². The molecule has 0 amide bonds. The molecule has 6 nitrogen and oxygen atoms in total. The zero-order valence-electron chi connectivity index (χ0n) is 12.1. The normalized spacial score (nSPS) is 12.6. The summed E-state index contributed by atoms with van der Waals surface area (Å²) in [6.45, 7) is 8.96. The van der Waals surface area contributed by atoms with Gasteiger partial charge < -0.3 is 14.6 Å². The average Bonchev–Trinajstić information content (AvgIpc) is 2.42. The van der Waals surface area contributed by atoms with Crippen LogP contribution in [0.2, 0.25) is 0 Å². The molecule has 7 heteroatoms. The van der Waals surface area contributed by atoms with Crippen molar-refractivity contribution in [3.8, 4) is 0 Å². The van der Waals surface area contributed by atoms with Gasteiger partial charge in [0.1, 0.15) is 0 Å². The molecule has 1 unspecified atom stereocenters. The van der Waals surface area contributed by atoms with E-state index in [1.807, 2.05) is 11.5 Å². The van der Waals surface area contributed by atoms with E-state index >= 15 is 0 Å². The summed E-state index contributed by atoms with van der Waals surface area (Å²) in [7, 11) is 0. The van der Waals surface area contributed by atoms with Crippen LogP contribution in [0.3, 0.4) is 0 Å². The van der Waals surface area contributed by atoms with Crippen molar-refractivity contribution >= 4 is 17.7 Å². The van der Waals surface area contributed by atoms with Crippen LogP contribution >= 0.6 is 11.8 Å². The quantitative estimate of drug-likeness (QED) is 0.576. The van der Waals surface area contributed by atoms with Crippen LogP contribution in [-0.2, 0) is 4.79 Å². The van der Waals surface area contributed by atoms with Gasteiger partial charge in [0.15, 0.2) is 5.16 Å². The molecule has 1 rings (SSSR count). The van der Waals surface area contributed by atoms with Crippen LogP contribution in [0.15, 0.2) is 22.2 Å². The molecule has 1 heterocycles. The molecule has 1 atom stereocenters. The molecule has 0 radical (unpaired) electrons. The number of nitrogens with zero attached hydrogens (tertiary/aromatic N) is 3. The third-order valence-corrected chi connectivity index (χ3v) is 3.97. The van der Waals surface area contributed by atoms with Gasteiger partial charge >= 0.3 is 5.97 Å². The van der Waals surface area contributed by atoms with Gasteiger partial charge in [0.05, 0.1) is 5.75 Å². The summed E-state index contributed by atoms with van der Waals surface area (Å²) in [5.74, 6) is -1.02. The molecule has 0 saturated carbocycles. The predicted molar refractivity (Wildman–Crippen MR) is 79.4 cm³/mol. The number of rotatable bonds is 8. The van der Waals surface area contributed by atoms with E-state index in [-0.39, 0.29) is 17.4 Å². The number of aromatic nitrogens is 2. The molecule has 0 aromatic carbocycles. The van der Waals surface area contributed by atoms with Crippen molar-refractivity contribution in [3.63, 3.8) is 0 Å². The fourth-order valence-electron chi connectivity index (χ4n) is 1.91. The molecule has 0 saturated heterocycles. The molecule has 0 spiro atoms. The van der Waals surface area contributed by atoms with E-state index in [0.29, 0.717) is 5.16 Å². The smallest absolute Gasteiger partial charge is 0.313 e. The molecule has 1 aromatic rings. The number of hydrogen-bond donors (Lipinski definition) is 1. The highest BCUT2D eigenvalue weighted by atomic mass is 32.2. The summed E-state index contributed by atoms with van der Waals surface area (Å²) in [6, 6.07) is 1.53. The van der Waals surface area contributed by atoms with Gasteiger partial charge in [-0.05, 0) is 20.0 Å². The highest BCUT2D eigenvalue weighted by molar-refractivity contribution is 7.99. The molecular formula is C13H21N3O3S. The fraction of sp³-hybridized carbons (Fsp3) is 0.615. The topological polar surface area (TPSA) is 75.4 Å². The van der Waals surface area contributed by atoms with Gasteiger partial charge in [-0.15, -0.1) is 0 Å². The van der Waals surface area contributed by atoms with Gasteiger partial charge in [0, 0.05) is 24.8 Å². The Labute approximate surface area is 122 Å². The second kappa shape index (κ2) is 8.06. The van der Waals surface area contributed by atoms with Crippen LogP contribution in [0.5, 0.6) is 0 Å². The van der Waals surface area contributed by atoms with Crippen LogP contribution in [0.25, 0.3) is 0 Å². The SMILES string of the molecule is CCN(CC)CC(C)n1ccc(=O)nc1SCC(=O)O. The Kier molecular flexibility index (Phi) is 6.74. The van der Waals surface area contributed by atoms with Crippen molar-refractivity contribution in [2.75, 3.05) is 25.4 Å². The molecular weight excluding hydrogens is 278 g/mol. The van der Waals surface area contributed by atoms with Crippen LogP contribution in [-0.4, -0.2) is 50.9 Å². The second-order valence-corrected chi connectivity index (χ2v) is 5.42. The van der Waals surface area contributed by atoms with E-state index in [1.165, 1.54) is 6.07 Å². The third-order valence-electron chi connectivity index (χ3n) is 3.02. The average molecular weight is 299 g/mol. The lowest BCUT2D eigenvalue weighted by Crippen LogP contribution is -2.30.